The summed E-state index contributed by atoms with van der Waals surface area (Å²) in [5.41, 5.74) is 1.46. The lowest BCUT2D eigenvalue weighted by Gasteiger charge is -2.26. The Kier molecular flexibility index (Phi) is 6.59. The van der Waals surface area contributed by atoms with Crippen molar-refractivity contribution >= 4 is 6.08 Å². The second kappa shape index (κ2) is 9.37. The van der Waals surface area contributed by atoms with Crippen LogP contribution in [0.15, 0.2) is 24.3 Å². The molecule has 166 valence electrons. The molecule has 1 fully saturated rings. The zero-order valence-corrected chi connectivity index (χ0v) is 18.1. The summed E-state index contributed by atoms with van der Waals surface area (Å²) in [6, 6.07) is 4.95. The third kappa shape index (κ3) is 4.46. The fourth-order valence-electron chi connectivity index (χ4n) is 4.75. The molecule has 0 amide bonds. The predicted octanol–water partition coefficient (Wildman–Crippen LogP) is 7.82. The second-order valence-electron chi connectivity index (χ2n) is 8.59. The van der Waals surface area contributed by atoms with E-state index in [-0.39, 0.29) is 30.3 Å². The molecule has 0 atom stereocenters. The Hall–Kier alpha value is -2.43. The molecular weight excluding hydrogens is 401 g/mol. The van der Waals surface area contributed by atoms with Gasteiger partial charge in [-0.3, -0.25) is 0 Å². The van der Waals surface area contributed by atoms with Crippen LogP contribution in [0.1, 0.15) is 69.1 Å². The van der Waals surface area contributed by atoms with Crippen LogP contribution in [0.2, 0.25) is 0 Å². The van der Waals surface area contributed by atoms with Crippen molar-refractivity contribution in [2.75, 3.05) is 6.61 Å². The number of allylic oxidation sites excluding steroid dienone is 1. The third-order valence-electron chi connectivity index (χ3n) is 6.44. The van der Waals surface area contributed by atoms with Gasteiger partial charge in [0.1, 0.15) is 0 Å². The maximum atomic E-state index is 15.2. The summed E-state index contributed by atoms with van der Waals surface area (Å²) in [7, 11) is 0. The van der Waals surface area contributed by atoms with Gasteiger partial charge < -0.3 is 9.47 Å². The van der Waals surface area contributed by atoms with E-state index in [1.807, 2.05) is 0 Å². The SMILES string of the molecule is CCCC1CCC(/C=C/c2ccc3c(c2F)Oc2c(cc(OCC)c(F)c2F)C3)CC1. The van der Waals surface area contributed by atoms with E-state index in [9.17, 15) is 8.78 Å². The molecule has 2 aliphatic rings. The summed E-state index contributed by atoms with van der Waals surface area (Å²) < 4.78 is 54.7. The van der Waals surface area contributed by atoms with Gasteiger partial charge in [0.05, 0.1) is 6.61 Å². The molecule has 0 bridgehead atoms. The largest absolute Gasteiger partial charge is 0.491 e. The van der Waals surface area contributed by atoms with Crippen molar-refractivity contribution in [1.29, 1.82) is 0 Å². The van der Waals surface area contributed by atoms with Crippen molar-refractivity contribution in [3.8, 4) is 17.2 Å². The summed E-state index contributed by atoms with van der Waals surface area (Å²) in [5, 5.41) is 0. The van der Waals surface area contributed by atoms with Crippen LogP contribution in [0, 0.1) is 29.3 Å². The zero-order valence-electron chi connectivity index (χ0n) is 18.1. The number of benzene rings is 2. The topological polar surface area (TPSA) is 18.5 Å². The highest BCUT2D eigenvalue weighted by Gasteiger charge is 2.28. The van der Waals surface area contributed by atoms with E-state index in [4.69, 9.17) is 9.47 Å². The second-order valence-corrected chi connectivity index (χ2v) is 8.59. The molecule has 1 heterocycles. The molecular formula is C26H29F3O2. The van der Waals surface area contributed by atoms with Gasteiger partial charge in [0, 0.05) is 23.1 Å². The monoisotopic (exact) mass is 430 g/mol. The van der Waals surface area contributed by atoms with E-state index in [0.717, 1.165) is 18.8 Å². The van der Waals surface area contributed by atoms with Crippen LogP contribution in [0.5, 0.6) is 17.2 Å². The fraction of sp³-hybridized carbons (Fsp3) is 0.462. The Balaban J connectivity index is 1.53. The van der Waals surface area contributed by atoms with E-state index in [2.05, 4.69) is 13.0 Å². The molecule has 4 rings (SSSR count). The van der Waals surface area contributed by atoms with Gasteiger partial charge in [-0.25, -0.2) is 4.39 Å². The van der Waals surface area contributed by atoms with Gasteiger partial charge in [0.2, 0.25) is 11.6 Å². The van der Waals surface area contributed by atoms with Crippen LogP contribution in [0.3, 0.4) is 0 Å². The number of fused-ring (bicyclic) bond motifs is 2. The minimum atomic E-state index is -1.14. The fourth-order valence-corrected chi connectivity index (χ4v) is 4.75. The van der Waals surface area contributed by atoms with Crippen molar-refractivity contribution < 1.29 is 22.6 Å². The van der Waals surface area contributed by atoms with E-state index in [0.29, 0.717) is 22.6 Å². The van der Waals surface area contributed by atoms with Gasteiger partial charge >= 0.3 is 0 Å². The minimum Gasteiger partial charge on any atom is -0.491 e. The smallest absolute Gasteiger partial charge is 0.205 e. The number of rotatable bonds is 6. The van der Waals surface area contributed by atoms with Crippen molar-refractivity contribution in [3.05, 3.63) is 58.4 Å². The predicted molar refractivity (Wildman–Crippen MR) is 116 cm³/mol. The molecule has 1 aliphatic heterocycles. The first-order chi connectivity index (χ1) is 15.0. The lowest BCUT2D eigenvalue weighted by Crippen LogP contribution is -2.12. The maximum absolute atomic E-state index is 15.2. The highest BCUT2D eigenvalue weighted by atomic mass is 19.2. The Bertz CT molecular complexity index is 975. The molecule has 2 aromatic carbocycles. The van der Waals surface area contributed by atoms with Crippen molar-refractivity contribution in [3.63, 3.8) is 0 Å². The van der Waals surface area contributed by atoms with Crippen LogP contribution < -0.4 is 9.47 Å². The highest BCUT2D eigenvalue weighted by molar-refractivity contribution is 5.60. The number of halogens is 3. The summed E-state index contributed by atoms with van der Waals surface area (Å²) in [5.74, 6) is -1.95. The van der Waals surface area contributed by atoms with Gasteiger partial charge in [-0.1, -0.05) is 44.1 Å². The lowest BCUT2D eigenvalue weighted by atomic mass is 9.80. The molecule has 0 aromatic heterocycles. The van der Waals surface area contributed by atoms with E-state index >= 15 is 4.39 Å². The van der Waals surface area contributed by atoms with Crippen molar-refractivity contribution in [2.24, 2.45) is 11.8 Å². The average Bonchev–Trinajstić information content (AvgIpc) is 2.77. The van der Waals surface area contributed by atoms with E-state index < -0.39 is 17.5 Å². The van der Waals surface area contributed by atoms with Gasteiger partial charge in [-0.2, -0.15) is 8.78 Å². The van der Waals surface area contributed by atoms with Crippen molar-refractivity contribution in [1.82, 2.24) is 0 Å². The van der Waals surface area contributed by atoms with Gasteiger partial charge in [0.25, 0.3) is 0 Å². The first-order valence-electron chi connectivity index (χ1n) is 11.3. The normalized spacial score (nSPS) is 20.3. The Labute approximate surface area is 182 Å². The van der Waals surface area contributed by atoms with Gasteiger partial charge in [0.15, 0.2) is 23.1 Å². The Morgan fingerprint density at radius 1 is 0.968 bits per heavy atom. The van der Waals surface area contributed by atoms with Crippen molar-refractivity contribution in [2.45, 2.75) is 58.8 Å². The molecule has 2 nitrogen and oxygen atoms in total. The molecule has 2 aromatic rings. The van der Waals surface area contributed by atoms with Crippen LogP contribution in [0.4, 0.5) is 13.2 Å². The van der Waals surface area contributed by atoms with Crippen LogP contribution in [-0.2, 0) is 6.42 Å². The lowest BCUT2D eigenvalue weighted by molar-refractivity contribution is 0.294. The molecule has 0 spiro atoms. The molecule has 0 radical (unpaired) electrons. The molecule has 0 saturated heterocycles. The number of hydrogen-bond donors (Lipinski definition) is 0. The summed E-state index contributed by atoms with van der Waals surface area (Å²) in [6.07, 6.45) is 11.4. The van der Waals surface area contributed by atoms with Crippen LogP contribution >= 0.6 is 0 Å². The summed E-state index contributed by atoms with van der Waals surface area (Å²) >= 11 is 0. The molecule has 0 N–H and O–H groups in total. The Morgan fingerprint density at radius 3 is 2.42 bits per heavy atom. The average molecular weight is 431 g/mol. The summed E-state index contributed by atoms with van der Waals surface area (Å²) in [6.45, 7) is 4.14. The van der Waals surface area contributed by atoms with Gasteiger partial charge in [-0.05, 0) is 50.5 Å². The first kappa shape index (κ1) is 21.8. The van der Waals surface area contributed by atoms with Crippen LogP contribution in [-0.4, -0.2) is 6.61 Å². The minimum absolute atomic E-state index is 0.0243. The first-order valence-corrected chi connectivity index (χ1v) is 11.3. The number of ether oxygens (including phenoxy) is 2. The van der Waals surface area contributed by atoms with E-state index in [1.165, 1.54) is 31.7 Å². The Morgan fingerprint density at radius 2 is 1.71 bits per heavy atom. The molecule has 0 unspecified atom stereocenters. The zero-order chi connectivity index (χ0) is 22.0. The molecule has 1 aliphatic carbocycles. The molecule has 5 heteroatoms. The summed E-state index contributed by atoms with van der Waals surface area (Å²) in [4.78, 5) is 0. The maximum Gasteiger partial charge on any atom is 0.205 e. The number of hydrogen-bond acceptors (Lipinski definition) is 2. The highest BCUT2D eigenvalue weighted by Crippen LogP contribution is 2.43. The standard InChI is InChI=1S/C26H29F3O2/c1-3-5-16-6-8-17(9-7-16)10-11-18-12-13-19-14-20-15-21(30-4-2)23(28)24(29)26(20)31-25(19)22(18)27/h10-13,15-17H,3-9,14H2,1-2H3/b11-10+. The van der Waals surface area contributed by atoms with Gasteiger partial charge in [-0.15, -0.1) is 0 Å². The quantitative estimate of drug-likeness (QED) is 0.397. The molecule has 31 heavy (non-hydrogen) atoms. The third-order valence-corrected chi connectivity index (χ3v) is 6.44. The molecule has 1 saturated carbocycles. The van der Waals surface area contributed by atoms with Crippen LogP contribution in [0.25, 0.3) is 6.08 Å². The van der Waals surface area contributed by atoms with E-state index in [1.54, 1.807) is 25.1 Å².